The van der Waals surface area contributed by atoms with Gasteiger partial charge in [-0.2, -0.15) is 0 Å². The van der Waals surface area contributed by atoms with Gasteiger partial charge in [-0.05, 0) is 31.2 Å². The van der Waals surface area contributed by atoms with Crippen LogP contribution >= 0.6 is 11.6 Å². The van der Waals surface area contributed by atoms with E-state index in [2.05, 4.69) is 0 Å². The van der Waals surface area contributed by atoms with Gasteiger partial charge in [-0.15, -0.1) is 11.6 Å². The van der Waals surface area contributed by atoms with E-state index in [1.54, 1.807) is 36.2 Å². The van der Waals surface area contributed by atoms with E-state index in [1.165, 1.54) is 0 Å². The van der Waals surface area contributed by atoms with Crippen LogP contribution in [-0.2, 0) is 0 Å². The molecule has 0 aromatic heterocycles. The second-order valence-electron chi connectivity index (χ2n) is 3.37. The number of halogens is 1. The number of hydrogen-bond acceptors (Lipinski definition) is 2. The summed E-state index contributed by atoms with van der Waals surface area (Å²) in [5, 5.41) is 0. The first kappa shape index (κ1) is 12.8. The predicted octanol–water partition coefficient (Wildman–Crippen LogP) is 2.40. The Labute approximate surface area is 101 Å². The van der Waals surface area contributed by atoms with Crippen LogP contribution in [-0.4, -0.2) is 36.9 Å². The number of carbonyl (C=O) groups excluding carboxylic acids is 1. The number of benzene rings is 1. The molecular weight excluding hydrogens is 226 g/mol. The highest BCUT2D eigenvalue weighted by atomic mass is 35.5. The largest absolute Gasteiger partial charge is 0.494 e. The first-order valence-corrected chi connectivity index (χ1v) is 5.76. The van der Waals surface area contributed by atoms with Crippen molar-refractivity contribution in [2.45, 2.75) is 6.92 Å². The van der Waals surface area contributed by atoms with Gasteiger partial charge in [-0.25, -0.2) is 0 Å². The maximum absolute atomic E-state index is 11.8. The molecule has 16 heavy (non-hydrogen) atoms. The lowest BCUT2D eigenvalue weighted by atomic mass is 10.2. The maximum Gasteiger partial charge on any atom is 0.253 e. The van der Waals surface area contributed by atoms with E-state index in [-0.39, 0.29) is 5.91 Å². The summed E-state index contributed by atoms with van der Waals surface area (Å²) in [5.41, 5.74) is 0.649. The van der Waals surface area contributed by atoms with Gasteiger partial charge in [0.25, 0.3) is 5.91 Å². The summed E-state index contributed by atoms with van der Waals surface area (Å²) in [6.07, 6.45) is 0. The van der Waals surface area contributed by atoms with Crippen LogP contribution in [0.15, 0.2) is 24.3 Å². The van der Waals surface area contributed by atoms with Crippen LogP contribution in [0.2, 0.25) is 0 Å². The Bertz CT molecular complexity index is 337. The van der Waals surface area contributed by atoms with E-state index in [9.17, 15) is 4.79 Å². The van der Waals surface area contributed by atoms with Gasteiger partial charge in [0.05, 0.1) is 6.61 Å². The van der Waals surface area contributed by atoms with Gasteiger partial charge >= 0.3 is 0 Å². The summed E-state index contributed by atoms with van der Waals surface area (Å²) in [6.45, 7) is 3.10. The Balaban J connectivity index is 2.69. The molecule has 4 heteroatoms. The maximum atomic E-state index is 11.8. The molecule has 0 saturated carbocycles. The fourth-order valence-corrected chi connectivity index (χ4v) is 1.56. The summed E-state index contributed by atoms with van der Waals surface area (Å²) >= 11 is 5.58. The van der Waals surface area contributed by atoms with E-state index >= 15 is 0 Å². The van der Waals surface area contributed by atoms with Crippen molar-refractivity contribution in [1.82, 2.24) is 4.90 Å². The predicted molar refractivity (Wildman–Crippen MR) is 65.3 cm³/mol. The number of carbonyl (C=O) groups is 1. The first-order chi connectivity index (χ1) is 7.69. The summed E-state index contributed by atoms with van der Waals surface area (Å²) in [5.74, 6) is 1.20. The highest BCUT2D eigenvalue weighted by Gasteiger charge is 2.10. The Hall–Kier alpha value is -1.22. The smallest absolute Gasteiger partial charge is 0.253 e. The van der Waals surface area contributed by atoms with Crippen LogP contribution in [0.5, 0.6) is 5.75 Å². The minimum Gasteiger partial charge on any atom is -0.494 e. The van der Waals surface area contributed by atoms with Crippen molar-refractivity contribution in [3.63, 3.8) is 0 Å². The molecular formula is C12H16ClNO2. The van der Waals surface area contributed by atoms with Gasteiger partial charge in [0.15, 0.2) is 0 Å². The second kappa shape index (κ2) is 6.38. The molecule has 0 unspecified atom stereocenters. The van der Waals surface area contributed by atoms with E-state index < -0.39 is 0 Å². The third kappa shape index (κ3) is 3.42. The van der Waals surface area contributed by atoms with Crippen molar-refractivity contribution in [2.24, 2.45) is 0 Å². The third-order valence-corrected chi connectivity index (χ3v) is 2.35. The minimum absolute atomic E-state index is 0.0244. The van der Waals surface area contributed by atoms with Crippen molar-refractivity contribution in [3.8, 4) is 5.75 Å². The molecule has 0 radical (unpaired) electrons. The lowest BCUT2D eigenvalue weighted by Crippen LogP contribution is -2.28. The monoisotopic (exact) mass is 241 g/mol. The quantitative estimate of drug-likeness (QED) is 0.741. The molecule has 1 rings (SSSR count). The van der Waals surface area contributed by atoms with Gasteiger partial charge in [0.1, 0.15) is 5.75 Å². The van der Waals surface area contributed by atoms with Gasteiger partial charge < -0.3 is 9.64 Å². The summed E-state index contributed by atoms with van der Waals surface area (Å²) < 4.78 is 5.30. The average Bonchev–Trinajstić information content (AvgIpc) is 2.30. The third-order valence-electron chi connectivity index (χ3n) is 2.18. The van der Waals surface area contributed by atoms with E-state index in [4.69, 9.17) is 16.3 Å². The fraction of sp³-hybridized carbons (Fsp3) is 0.417. The zero-order valence-corrected chi connectivity index (χ0v) is 10.3. The summed E-state index contributed by atoms with van der Waals surface area (Å²) in [4.78, 5) is 13.4. The van der Waals surface area contributed by atoms with E-state index in [0.29, 0.717) is 24.6 Å². The standard InChI is InChI=1S/C12H16ClNO2/c1-3-16-11-6-4-10(5-7-11)12(15)14(2)9-8-13/h4-7H,3,8-9H2,1-2H3. The molecule has 0 bridgehead atoms. The SMILES string of the molecule is CCOc1ccc(C(=O)N(C)CCCl)cc1. The molecule has 0 aliphatic heterocycles. The van der Waals surface area contributed by atoms with E-state index in [0.717, 1.165) is 5.75 Å². The van der Waals surface area contributed by atoms with E-state index in [1.807, 2.05) is 6.92 Å². The molecule has 0 atom stereocenters. The second-order valence-corrected chi connectivity index (χ2v) is 3.75. The molecule has 88 valence electrons. The Morgan fingerprint density at radius 2 is 2.00 bits per heavy atom. The molecule has 0 heterocycles. The zero-order chi connectivity index (χ0) is 12.0. The molecule has 0 fully saturated rings. The molecule has 0 saturated heterocycles. The molecule has 0 N–H and O–H groups in total. The van der Waals surface area contributed by atoms with Crippen molar-refractivity contribution < 1.29 is 9.53 Å². The number of alkyl halides is 1. The first-order valence-electron chi connectivity index (χ1n) is 5.23. The number of rotatable bonds is 5. The van der Waals surface area contributed by atoms with Crippen molar-refractivity contribution >= 4 is 17.5 Å². The summed E-state index contributed by atoms with van der Waals surface area (Å²) in [6, 6.07) is 7.12. The number of amides is 1. The molecule has 0 aliphatic carbocycles. The van der Waals surface area contributed by atoms with Crippen LogP contribution < -0.4 is 4.74 Å². The van der Waals surface area contributed by atoms with Gasteiger partial charge in [0.2, 0.25) is 0 Å². The highest BCUT2D eigenvalue weighted by Crippen LogP contribution is 2.13. The number of ether oxygens (including phenoxy) is 1. The minimum atomic E-state index is -0.0244. The normalized spacial score (nSPS) is 9.94. The Morgan fingerprint density at radius 1 is 1.38 bits per heavy atom. The highest BCUT2D eigenvalue weighted by molar-refractivity contribution is 6.18. The van der Waals surface area contributed by atoms with Crippen molar-refractivity contribution in [1.29, 1.82) is 0 Å². The molecule has 1 aromatic carbocycles. The van der Waals surface area contributed by atoms with Crippen molar-refractivity contribution in [2.75, 3.05) is 26.1 Å². The van der Waals surface area contributed by atoms with Crippen LogP contribution in [0.25, 0.3) is 0 Å². The average molecular weight is 242 g/mol. The Kier molecular flexibility index (Phi) is 5.12. The fourth-order valence-electron chi connectivity index (χ4n) is 1.31. The van der Waals surface area contributed by atoms with Crippen LogP contribution in [0.3, 0.4) is 0 Å². The molecule has 3 nitrogen and oxygen atoms in total. The van der Waals surface area contributed by atoms with Crippen molar-refractivity contribution in [3.05, 3.63) is 29.8 Å². The molecule has 1 amide bonds. The van der Waals surface area contributed by atoms with Gasteiger partial charge in [-0.1, -0.05) is 0 Å². The van der Waals surface area contributed by atoms with Gasteiger partial charge in [0, 0.05) is 25.0 Å². The summed E-state index contributed by atoms with van der Waals surface area (Å²) in [7, 11) is 1.74. The van der Waals surface area contributed by atoms with Crippen LogP contribution in [0.4, 0.5) is 0 Å². The molecule has 0 aliphatic rings. The zero-order valence-electron chi connectivity index (χ0n) is 9.57. The van der Waals surface area contributed by atoms with Gasteiger partial charge in [-0.3, -0.25) is 4.79 Å². The number of nitrogens with zero attached hydrogens (tertiary/aromatic N) is 1. The lowest BCUT2D eigenvalue weighted by molar-refractivity contribution is 0.0803. The van der Waals surface area contributed by atoms with Crippen LogP contribution in [0.1, 0.15) is 17.3 Å². The molecule has 1 aromatic rings. The Morgan fingerprint density at radius 3 is 2.50 bits per heavy atom. The number of hydrogen-bond donors (Lipinski definition) is 0. The lowest BCUT2D eigenvalue weighted by Gasteiger charge is -2.15. The van der Waals surface area contributed by atoms with Crippen LogP contribution in [0, 0.1) is 0 Å². The molecule has 0 spiro atoms. The topological polar surface area (TPSA) is 29.5 Å².